The number of nitriles is 1. The van der Waals surface area contributed by atoms with E-state index in [0.717, 1.165) is 11.1 Å². The van der Waals surface area contributed by atoms with Crippen LogP contribution in [-0.2, 0) is 6.61 Å². The number of halogens is 2. The van der Waals surface area contributed by atoms with Gasteiger partial charge in [-0.05, 0) is 71.8 Å². The van der Waals surface area contributed by atoms with Crippen LogP contribution < -0.4 is 10.2 Å². The molecule has 0 unspecified atom stereocenters. The third kappa shape index (κ3) is 5.82. The number of nitrogens with one attached hydrogen (secondary N) is 1. The van der Waals surface area contributed by atoms with E-state index in [1.165, 1.54) is 6.21 Å². The van der Waals surface area contributed by atoms with Gasteiger partial charge in [0.1, 0.15) is 12.4 Å². The number of benzene rings is 3. The molecule has 3 aromatic rings. The first-order valence-corrected chi connectivity index (χ1v) is 9.31. The molecule has 0 atom stereocenters. The highest BCUT2D eigenvalue weighted by atomic mass is 35.5. The van der Waals surface area contributed by atoms with Crippen molar-refractivity contribution >= 4 is 35.3 Å². The van der Waals surface area contributed by atoms with Crippen LogP contribution in [0.2, 0.25) is 10.0 Å². The van der Waals surface area contributed by atoms with Gasteiger partial charge in [0.15, 0.2) is 0 Å². The summed E-state index contributed by atoms with van der Waals surface area (Å²) in [5.74, 6) is 0.335. The summed E-state index contributed by atoms with van der Waals surface area (Å²) in [6.45, 7) is 0.366. The molecule has 0 aliphatic carbocycles. The Morgan fingerprint density at radius 1 is 1.03 bits per heavy atom. The average Bonchev–Trinajstić information content (AvgIpc) is 2.75. The van der Waals surface area contributed by atoms with Crippen LogP contribution in [0.4, 0.5) is 0 Å². The van der Waals surface area contributed by atoms with Gasteiger partial charge in [0, 0.05) is 5.56 Å². The Labute approximate surface area is 178 Å². The zero-order chi connectivity index (χ0) is 20.6. The number of hydrogen-bond acceptors (Lipinski definition) is 4. The lowest BCUT2D eigenvalue weighted by Crippen LogP contribution is -2.17. The molecule has 0 fully saturated rings. The maximum atomic E-state index is 12.0. The first kappa shape index (κ1) is 20.4. The molecule has 29 heavy (non-hydrogen) atoms. The molecule has 0 aliphatic rings. The fourth-order valence-corrected chi connectivity index (χ4v) is 2.69. The molecule has 0 bridgehead atoms. The SMILES string of the molecule is N#Cc1ccc(C(=O)N/N=C\c2ccc(OCc3ccc(Cl)c(Cl)c3)cc2)cc1. The van der Waals surface area contributed by atoms with E-state index in [2.05, 4.69) is 10.5 Å². The Morgan fingerprint density at radius 2 is 1.76 bits per heavy atom. The first-order valence-electron chi connectivity index (χ1n) is 8.55. The number of amides is 1. The van der Waals surface area contributed by atoms with Crippen molar-refractivity contribution in [1.29, 1.82) is 5.26 Å². The van der Waals surface area contributed by atoms with Crippen molar-refractivity contribution in [3.63, 3.8) is 0 Å². The maximum Gasteiger partial charge on any atom is 0.271 e. The molecule has 0 spiro atoms. The summed E-state index contributed by atoms with van der Waals surface area (Å²) >= 11 is 11.9. The van der Waals surface area contributed by atoms with Crippen molar-refractivity contribution in [1.82, 2.24) is 5.43 Å². The summed E-state index contributed by atoms with van der Waals surface area (Å²) in [7, 11) is 0. The fraction of sp³-hybridized carbons (Fsp3) is 0.0455. The monoisotopic (exact) mass is 423 g/mol. The molecular weight excluding hydrogens is 409 g/mol. The molecule has 0 aromatic heterocycles. The number of ether oxygens (including phenoxy) is 1. The first-order chi connectivity index (χ1) is 14.0. The Morgan fingerprint density at radius 3 is 2.41 bits per heavy atom. The van der Waals surface area contributed by atoms with Gasteiger partial charge in [0.05, 0.1) is 27.9 Å². The lowest BCUT2D eigenvalue weighted by atomic mass is 10.1. The zero-order valence-electron chi connectivity index (χ0n) is 15.1. The van der Waals surface area contributed by atoms with Crippen LogP contribution in [0.25, 0.3) is 0 Å². The van der Waals surface area contributed by atoms with E-state index in [1.54, 1.807) is 48.5 Å². The minimum Gasteiger partial charge on any atom is -0.489 e. The van der Waals surface area contributed by atoms with Crippen molar-refractivity contribution in [2.75, 3.05) is 0 Å². The van der Waals surface area contributed by atoms with Gasteiger partial charge in [-0.1, -0.05) is 29.3 Å². The molecule has 0 saturated heterocycles. The number of carbonyl (C=O) groups excluding carboxylic acids is 1. The molecule has 1 amide bonds. The smallest absolute Gasteiger partial charge is 0.271 e. The van der Waals surface area contributed by atoms with Crippen molar-refractivity contribution in [2.24, 2.45) is 5.10 Å². The van der Waals surface area contributed by atoms with E-state index in [1.807, 2.05) is 24.3 Å². The quantitative estimate of drug-likeness (QED) is 0.436. The van der Waals surface area contributed by atoms with Gasteiger partial charge in [-0.2, -0.15) is 10.4 Å². The maximum absolute atomic E-state index is 12.0. The molecular formula is C22H15Cl2N3O2. The Hall–Kier alpha value is -3.33. The second-order valence-corrected chi connectivity index (χ2v) is 6.81. The van der Waals surface area contributed by atoms with Crippen LogP contribution in [0.5, 0.6) is 5.75 Å². The largest absolute Gasteiger partial charge is 0.489 e. The van der Waals surface area contributed by atoms with Crippen molar-refractivity contribution < 1.29 is 9.53 Å². The van der Waals surface area contributed by atoms with E-state index >= 15 is 0 Å². The van der Waals surface area contributed by atoms with Crippen LogP contribution in [0, 0.1) is 11.3 Å². The molecule has 5 nitrogen and oxygen atoms in total. The van der Waals surface area contributed by atoms with Crippen LogP contribution in [0.1, 0.15) is 27.0 Å². The fourth-order valence-electron chi connectivity index (χ4n) is 2.37. The predicted octanol–water partition coefficient (Wildman–Crippen LogP) is 5.21. The third-order valence-electron chi connectivity index (χ3n) is 3.93. The van der Waals surface area contributed by atoms with E-state index in [9.17, 15) is 4.79 Å². The van der Waals surface area contributed by atoms with E-state index in [-0.39, 0.29) is 5.91 Å². The lowest BCUT2D eigenvalue weighted by molar-refractivity contribution is 0.0955. The van der Waals surface area contributed by atoms with E-state index in [0.29, 0.717) is 33.5 Å². The Kier molecular flexibility index (Phi) is 6.85. The van der Waals surface area contributed by atoms with Crippen molar-refractivity contribution in [3.8, 4) is 11.8 Å². The van der Waals surface area contributed by atoms with Crippen LogP contribution in [0.3, 0.4) is 0 Å². The van der Waals surface area contributed by atoms with Gasteiger partial charge >= 0.3 is 0 Å². The predicted molar refractivity (Wildman–Crippen MR) is 113 cm³/mol. The van der Waals surface area contributed by atoms with Crippen LogP contribution >= 0.6 is 23.2 Å². The molecule has 0 radical (unpaired) electrons. The molecule has 3 rings (SSSR count). The van der Waals surface area contributed by atoms with Gasteiger partial charge in [-0.15, -0.1) is 0 Å². The number of nitrogens with zero attached hydrogens (tertiary/aromatic N) is 2. The minimum absolute atomic E-state index is 0.354. The van der Waals surface area contributed by atoms with E-state index < -0.39 is 0 Å². The second kappa shape index (κ2) is 9.74. The number of rotatable bonds is 6. The average molecular weight is 424 g/mol. The van der Waals surface area contributed by atoms with Gasteiger partial charge in [0.2, 0.25) is 0 Å². The number of hydrogen-bond donors (Lipinski definition) is 1. The topological polar surface area (TPSA) is 74.5 Å². The minimum atomic E-state index is -0.354. The highest BCUT2D eigenvalue weighted by Gasteiger charge is 2.04. The number of hydrazone groups is 1. The molecule has 0 saturated carbocycles. The lowest BCUT2D eigenvalue weighted by Gasteiger charge is -2.07. The standard InChI is InChI=1S/C22H15Cl2N3O2/c23-20-10-5-17(11-21(20)24)14-29-19-8-3-16(4-9-19)13-26-27-22(28)18-6-1-15(12-25)2-7-18/h1-11,13H,14H2,(H,27,28)/b26-13-. The van der Waals surface area contributed by atoms with Gasteiger partial charge < -0.3 is 4.74 Å². The van der Waals surface area contributed by atoms with Crippen molar-refractivity contribution in [3.05, 3.63) is 99.0 Å². The Bertz CT molecular complexity index is 1070. The zero-order valence-corrected chi connectivity index (χ0v) is 16.6. The summed E-state index contributed by atoms with van der Waals surface area (Å²) in [6.07, 6.45) is 1.53. The molecule has 1 N–H and O–H groups in total. The molecule has 144 valence electrons. The van der Waals surface area contributed by atoms with E-state index in [4.69, 9.17) is 33.2 Å². The normalized spacial score (nSPS) is 10.5. The van der Waals surface area contributed by atoms with Crippen LogP contribution in [-0.4, -0.2) is 12.1 Å². The summed E-state index contributed by atoms with van der Waals surface area (Å²) in [5.41, 5.74) is 5.08. The highest BCUT2D eigenvalue weighted by Crippen LogP contribution is 2.23. The summed E-state index contributed by atoms with van der Waals surface area (Å²) < 4.78 is 5.72. The van der Waals surface area contributed by atoms with Gasteiger partial charge in [-0.25, -0.2) is 5.43 Å². The molecule has 0 heterocycles. The highest BCUT2D eigenvalue weighted by molar-refractivity contribution is 6.42. The number of carbonyl (C=O) groups is 1. The second-order valence-electron chi connectivity index (χ2n) is 5.99. The molecule has 7 heteroatoms. The Balaban J connectivity index is 1.52. The van der Waals surface area contributed by atoms with Crippen LogP contribution in [0.15, 0.2) is 71.8 Å². The van der Waals surface area contributed by atoms with Crippen molar-refractivity contribution in [2.45, 2.75) is 6.61 Å². The molecule has 3 aromatic carbocycles. The summed E-state index contributed by atoms with van der Waals surface area (Å²) in [4.78, 5) is 12.0. The summed E-state index contributed by atoms with van der Waals surface area (Å²) in [5, 5.41) is 13.7. The van der Waals surface area contributed by atoms with Gasteiger partial charge in [-0.3, -0.25) is 4.79 Å². The third-order valence-corrected chi connectivity index (χ3v) is 4.66. The van der Waals surface area contributed by atoms with Gasteiger partial charge in [0.25, 0.3) is 5.91 Å². The molecule has 0 aliphatic heterocycles. The summed E-state index contributed by atoms with van der Waals surface area (Å²) in [6, 6.07) is 20.9.